The second-order valence-corrected chi connectivity index (χ2v) is 5.63. The van der Waals surface area contributed by atoms with Gasteiger partial charge in [-0.25, -0.2) is 8.42 Å². The van der Waals surface area contributed by atoms with Gasteiger partial charge in [-0.15, -0.1) is 0 Å². The van der Waals surface area contributed by atoms with Crippen molar-refractivity contribution >= 4 is 33.0 Å². The van der Waals surface area contributed by atoms with Gasteiger partial charge in [-0.3, -0.25) is 0 Å². The maximum atomic E-state index is 11.1. The van der Waals surface area contributed by atoms with Crippen molar-refractivity contribution in [3.05, 3.63) is 33.8 Å². The van der Waals surface area contributed by atoms with Crippen molar-refractivity contribution in [1.82, 2.24) is 0 Å². The minimum absolute atomic E-state index is 0.278. The zero-order valence-electron chi connectivity index (χ0n) is 7.07. The van der Waals surface area contributed by atoms with Gasteiger partial charge in [-0.05, 0) is 17.7 Å². The first-order valence-electron chi connectivity index (χ1n) is 3.70. The number of hydrogen-bond acceptors (Lipinski definition) is 3. The molecule has 14 heavy (non-hydrogen) atoms. The van der Waals surface area contributed by atoms with Crippen molar-refractivity contribution in [1.29, 1.82) is 0 Å². The Hall–Kier alpha value is -0.290. The molecular weight excluding hydrogens is 247 g/mol. The van der Waals surface area contributed by atoms with E-state index in [9.17, 15) is 8.42 Å². The summed E-state index contributed by atoms with van der Waals surface area (Å²) in [6.07, 6.45) is 0. The van der Waals surface area contributed by atoms with E-state index >= 15 is 0 Å². The molecule has 0 saturated carbocycles. The third-order valence-corrected chi connectivity index (χ3v) is 3.32. The van der Waals surface area contributed by atoms with Gasteiger partial charge in [0.15, 0.2) is 9.84 Å². The number of hydrogen-bond donors (Lipinski definition) is 1. The van der Waals surface area contributed by atoms with Gasteiger partial charge in [-0.2, -0.15) is 0 Å². The van der Waals surface area contributed by atoms with Crippen LogP contribution in [0.1, 0.15) is 5.56 Å². The maximum Gasteiger partial charge on any atom is 0.178 e. The minimum atomic E-state index is -3.48. The van der Waals surface area contributed by atoms with Crippen molar-refractivity contribution in [2.45, 2.75) is 5.75 Å². The monoisotopic (exact) mass is 254 g/mol. The second kappa shape index (κ2) is 4.49. The molecule has 0 fully saturated rings. The molecule has 0 aliphatic heterocycles. The van der Waals surface area contributed by atoms with E-state index in [0.717, 1.165) is 0 Å². The second-order valence-electron chi connectivity index (χ2n) is 2.75. The summed E-state index contributed by atoms with van der Waals surface area (Å²) >= 11 is 11.4. The van der Waals surface area contributed by atoms with Crippen molar-refractivity contribution in [2.75, 3.05) is 5.94 Å². The standard InChI is InChI=1S/C8H8Cl2O3S/c9-7-2-1-6(8(10)3-7)4-14(12,13)5-11/h1-3,11H,4-5H2. The molecular formula is C8H8Cl2O3S. The lowest BCUT2D eigenvalue weighted by molar-refractivity contribution is 0.358. The highest BCUT2D eigenvalue weighted by Gasteiger charge is 2.12. The van der Waals surface area contributed by atoms with E-state index in [1.807, 2.05) is 0 Å². The Labute approximate surface area is 92.2 Å². The first kappa shape index (κ1) is 11.8. The van der Waals surface area contributed by atoms with Crippen LogP contribution in [0.15, 0.2) is 18.2 Å². The molecule has 0 atom stereocenters. The smallest absolute Gasteiger partial charge is 0.178 e. The van der Waals surface area contributed by atoms with Crippen LogP contribution in [0.4, 0.5) is 0 Å². The molecule has 1 rings (SSSR count). The summed E-state index contributed by atoms with van der Waals surface area (Å²) in [7, 11) is -3.48. The SMILES string of the molecule is O=S(=O)(CO)Cc1ccc(Cl)cc1Cl. The van der Waals surface area contributed by atoms with Gasteiger partial charge in [0.25, 0.3) is 0 Å². The maximum absolute atomic E-state index is 11.1. The fraction of sp³-hybridized carbons (Fsp3) is 0.250. The van der Waals surface area contributed by atoms with Gasteiger partial charge < -0.3 is 5.11 Å². The minimum Gasteiger partial charge on any atom is -0.380 e. The normalized spacial score (nSPS) is 11.6. The topological polar surface area (TPSA) is 54.4 Å². The summed E-state index contributed by atoms with van der Waals surface area (Å²) in [6.45, 7) is 0. The van der Waals surface area contributed by atoms with Gasteiger partial charge >= 0.3 is 0 Å². The number of sulfone groups is 1. The zero-order chi connectivity index (χ0) is 10.8. The molecule has 1 aromatic carbocycles. The number of aliphatic hydroxyl groups is 1. The molecule has 1 aromatic rings. The summed E-state index contributed by atoms with van der Waals surface area (Å²) in [5.74, 6) is -1.16. The Kier molecular flexibility index (Phi) is 3.78. The molecule has 0 amide bonds. The lowest BCUT2D eigenvalue weighted by Crippen LogP contribution is -2.08. The van der Waals surface area contributed by atoms with Crippen LogP contribution in [-0.2, 0) is 15.6 Å². The van der Waals surface area contributed by atoms with Crippen LogP contribution in [-0.4, -0.2) is 19.5 Å². The van der Waals surface area contributed by atoms with Crippen LogP contribution in [0.3, 0.4) is 0 Å². The van der Waals surface area contributed by atoms with Crippen LogP contribution in [0.5, 0.6) is 0 Å². The number of rotatable bonds is 3. The molecule has 78 valence electrons. The van der Waals surface area contributed by atoms with Gasteiger partial charge in [0.2, 0.25) is 0 Å². The highest BCUT2D eigenvalue weighted by Crippen LogP contribution is 2.22. The molecule has 0 aromatic heterocycles. The van der Waals surface area contributed by atoms with Gasteiger partial charge in [0, 0.05) is 10.0 Å². The molecule has 3 nitrogen and oxygen atoms in total. The summed E-state index contributed by atoms with van der Waals surface area (Å²) in [5, 5.41) is 9.27. The molecule has 0 aliphatic carbocycles. The Balaban J connectivity index is 2.99. The first-order chi connectivity index (χ1) is 6.44. The predicted molar refractivity (Wildman–Crippen MR) is 56.2 cm³/mol. The lowest BCUT2D eigenvalue weighted by atomic mass is 10.2. The van der Waals surface area contributed by atoms with E-state index in [1.54, 1.807) is 6.07 Å². The van der Waals surface area contributed by atoms with E-state index in [1.165, 1.54) is 12.1 Å². The summed E-state index contributed by atoms with van der Waals surface area (Å²) in [4.78, 5) is 0. The average molecular weight is 255 g/mol. The predicted octanol–water partition coefficient (Wildman–Crippen LogP) is 1.86. The average Bonchev–Trinajstić information content (AvgIpc) is 2.10. The van der Waals surface area contributed by atoms with Crippen LogP contribution in [0.2, 0.25) is 10.0 Å². The molecule has 0 aliphatic rings. The van der Waals surface area contributed by atoms with E-state index in [4.69, 9.17) is 28.3 Å². The Morgan fingerprint density at radius 1 is 1.29 bits per heavy atom. The molecule has 0 heterocycles. The Bertz CT molecular complexity index is 428. The molecule has 0 unspecified atom stereocenters. The fourth-order valence-electron chi connectivity index (χ4n) is 0.921. The van der Waals surface area contributed by atoms with E-state index in [0.29, 0.717) is 10.6 Å². The van der Waals surface area contributed by atoms with Gasteiger partial charge in [0.1, 0.15) is 5.94 Å². The third kappa shape index (κ3) is 3.13. The van der Waals surface area contributed by atoms with Crippen molar-refractivity contribution in [3.63, 3.8) is 0 Å². The van der Waals surface area contributed by atoms with Gasteiger partial charge in [0.05, 0.1) is 5.75 Å². The third-order valence-electron chi connectivity index (χ3n) is 1.59. The van der Waals surface area contributed by atoms with E-state index < -0.39 is 15.8 Å². The number of aliphatic hydroxyl groups excluding tert-OH is 1. The Morgan fingerprint density at radius 2 is 1.93 bits per heavy atom. The fourth-order valence-corrected chi connectivity index (χ4v) is 2.29. The first-order valence-corrected chi connectivity index (χ1v) is 6.27. The summed E-state index contributed by atoms with van der Waals surface area (Å²) in [6, 6.07) is 4.54. The summed E-state index contributed by atoms with van der Waals surface area (Å²) in [5.41, 5.74) is 0.435. The molecule has 0 spiro atoms. The lowest BCUT2D eigenvalue weighted by Gasteiger charge is -2.03. The van der Waals surface area contributed by atoms with Crippen LogP contribution >= 0.6 is 23.2 Å². The highest BCUT2D eigenvalue weighted by molar-refractivity contribution is 7.90. The van der Waals surface area contributed by atoms with Gasteiger partial charge in [-0.1, -0.05) is 29.3 Å². The van der Waals surface area contributed by atoms with Crippen LogP contribution in [0.25, 0.3) is 0 Å². The summed E-state index contributed by atoms with van der Waals surface area (Å²) < 4.78 is 22.1. The largest absolute Gasteiger partial charge is 0.380 e. The Morgan fingerprint density at radius 3 is 2.43 bits per heavy atom. The van der Waals surface area contributed by atoms with Crippen LogP contribution in [0, 0.1) is 0 Å². The molecule has 0 saturated heterocycles. The van der Waals surface area contributed by atoms with Crippen LogP contribution < -0.4 is 0 Å². The molecule has 0 radical (unpaired) electrons. The highest BCUT2D eigenvalue weighted by atomic mass is 35.5. The van der Waals surface area contributed by atoms with Crippen molar-refractivity contribution < 1.29 is 13.5 Å². The van der Waals surface area contributed by atoms with Crippen molar-refractivity contribution in [3.8, 4) is 0 Å². The molecule has 0 bridgehead atoms. The van der Waals surface area contributed by atoms with Crippen molar-refractivity contribution in [2.24, 2.45) is 0 Å². The number of halogens is 2. The number of benzene rings is 1. The van der Waals surface area contributed by atoms with E-state index in [-0.39, 0.29) is 10.8 Å². The zero-order valence-corrected chi connectivity index (χ0v) is 9.40. The molecule has 1 N–H and O–H groups in total. The molecule has 6 heteroatoms. The quantitative estimate of drug-likeness (QED) is 0.896. The van der Waals surface area contributed by atoms with E-state index in [2.05, 4.69) is 0 Å².